The minimum absolute atomic E-state index is 0.166. The van der Waals surface area contributed by atoms with E-state index in [1.807, 2.05) is 12.1 Å². The summed E-state index contributed by atoms with van der Waals surface area (Å²) < 4.78 is 4.58. The summed E-state index contributed by atoms with van der Waals surface area (Å²) >= 11 is 0. The topological polar surface area (TPSA) is 52.3 Å². The third-order valence-corrected chi connectivity index (χ3v) is 2.30. The second-order valence-electron chi connectivity index (χ2n) is 3.43. The summed E-state index contributed by atoms with van der Waals surface area (Å²) in [5.74, 6) is -0.166. The molecule has 3 nitrogen and oxygen atoms in total. The molecule has 0 aliphatic carbocycles. The molecule has 0 bridgehead atoms. The Morgan fingerprint density at radius 3 is 2.20 bits per heavy atom. The Hall–Kier alpha value is -1.35. The van der Waals surface area contributed by atoms with E-state index < -0.39 is 0 Å². The highest BCUT2D eigenvalue weighted by molar-refractivity contribution is 5.69. The molecule has 0 saturated carbocycles. The smallest absolute Gasteiger partial charge is 0.305 e. The lowest BCUT2D eigenvalue weighted by molar-refractivity contribution is -0.140. The molecule has 0 amide bonds. The van der Waals surface area contributed by atoms with Gasteiger partial charge in [0.2, 0.25) is 0 Å². The highest BCUT2D eigenvalue weighted by atomic mass is 16.5. The van der Waals surface area contributed by atoms with Crippen LogP contribution in [-0.4, -0.2) is 19.6 Å². The number of methoxy groups -OCH3 is 1. The Morgan fingerprint density at radius 2 is 1.73 bits per heavy atom. The third-order valence-electron chi connectivity index (χ3n) is 2.30. The average molecular weight is 207 g/mol. The van der Waals surface area contributed by atoms with Crippen molar-refractivity contribution in [1.82, 2.24) is 0 Å². The Kier molecular flexibility index (Phi) is 4.84. The number of carbonyl (C=O) groups is 1. The van der Waals surface area contributed by atoms with Gasteiger partial charge in [-0.25, -0.2) is 0 Å². The maximum atomic E-state index is 10.9. The molecule has 0 saturated heterocycles. The van der Waals surface area contributed by atoms with Gasteiger partial charge in [-0.05, 0) is 30.5 Å². The molecule has 0 heterocycles. The predicted octanol–water partition coefficient (Wildman–Crippen LogP) is 1.29. The number of ether oxygens (including phenoxy) is 1. The molecule has 82 valence electrons. The number of nitrogens with two attached hydrogens (primary N) is 1. The maximum absolute atomic E-state index is 10.9. The first-order valence-corrected chi connectivity index (χ1v) is 5.11. The largest absolute Gasteiger partial charge is 0.469 e. The minimum Gasteiger partial charge on any atom is -0.469 e. The van der Waals surface area contributed by atoms with Crippen LogP contribution in [0.1, 0.15) is 17.5 Å². The van der Waals surface area contributed by atoms with Crippen molar-refractivity contribution in [2.45, 2.75) is 19.3 Å². The van der Waals surface area contributed by atoms with E-state index in [0.717, 1.165) is 18.4 Å². The van der Waals surface area contributed by atoms with Crippen molar-refractivity contribution in [2.75, 3.05) is 13.7 Å². The summed E-state index contributed by atoms with van der Waals surface area (Å²) in [6.45, 7) is 0.668. The number of rotatable bonds is 5. The predicted molar refractivity (Wildman–Crippen MR) is 59.5 cm³/mol. The van der Waals surface area contributed by atoms with Gasteiger partial charge < -0.3 is 10.5 Å². The summed E-state index contributed by atoms with van der Waals surface area (Å²) in [6, 6.07) is 8.18. The van der Waals surface area contributed by atoms with E-state index in [1.54, 1.807) is 0 Å². The Balaban J connectivity index is 2.45. The molecule has 2 N–H and O–H groups in total. The van der Waals surface area contributed by atoms with Crippen LogP contribution in [-0.2, 0) is 22.4 Å². The second kappa shape index (κ2) is 6.19. The van der Waals surface area contributed by atoms with Gasteiger partial charge in [0, 0.05) is 6.42 Å². The number of aryl methyl sites for hydroxylation is 1. The van der Waals surface area contributed by atoms with E-state index in [-0.39, 0.29) is 5.97 Å². The van der Waals surface area contributed by atoms with Crippen molar-refractivity contribution in [3.63, 3.8) is 0 Å². The molecule has 0 aliphatic rings. The molecule has 0 fully saturated rings. The normalized spacial score (nSPS) is 10.0. The van der Waals surface area contributed by atoms with Crippen molar-refractivity contribution in [3.05, 3.63) is 35.4 Å². The van der Waals surface area contributed by atoms with E-state index in [0.29, 0.717) is 13.0 Å². The molecule has 0 aromatic heterocycles. The van der Waals surface area contributed by atoms with Crippen LogP contribution in [0.2, 0.25) is 0 Å². The van der Waals surface area contributed by atoms with E-state index in [1.165, 1.54) is 12.7 Å². The van der Waals surface area contributed by atoms with Crippen LogP contribution < -0.4 is 5.73 Å². The fourth-order valence-corrected chi connectivity index (χ4v) is 1.39. The summed E-state index contributed by atoms with van der Waals surface area (Å²) in [7, 11) is 1.41. The van der Waals surface area contributed by atoms with Gasteiger partial charge in [0.15, 0.2) is 0 Å². The molecular weight excluding hydrogens is 190 g/mol. The van der Waals surface area contributed by atoms with Gasteiger partial charge in [0.1, 0.15) is 0 Å². The van der Waals surface area contributed by atoms with Gasteiger partial charge in [0.05, 0.1) is 7.11 Å². The van der Waals surface area contributed by atoms with Crippen molar-refractivity contribution >= 4 is 5.97 Å². The first-order valence-electron chi connectivity index (χ1n) is 5.11. The van der Waals surface area contributed by atoms with Crippen LogP contribution in [0.3, 0.4) is 0 Å². The van der Waals surface area contributed by atoms with Gasteiger partial charge in [-0.1, -0.05) is 24.3 Å². The minimum atomic E-state index is -0.166. The monoisotopic (exact) mass is 207 g/mol. The van der Waals surface area contributed by atoms with Gasteiger partial charge in [-0.3, -0.25) is 4.79 Å². The average Bonchev–Trinajstić information content (AvgIpc) is 2.28. The molecule has 0 spiro atoms. The van der Waals surface area contributed by atoms with Gasteiger partial charge in [-0.2, -0.15) is 0 Å². The zero-order chi connectivity index (χ0) is 11.1. The molecule has 0 radical (unpaired) electrons. The van der Waals surface area contributed by atoms with Gasteiger partial charge >= 0.3 is 5.97 Å². The quantitative estimate of drug-likeness (QED) is 0.740. The summed E-state index contributed by atoms with van der Waals surface area (Å²) in [4.78, 5) is 10.9. The number of hydrogen-bond acceptors (Lipinski definition) is 3. The van der Waals surface area contributed by atoms with Crippen LogP contribution in [0.5, 0.6) is 0 Å². The lowest BCUT2D eigenvalue weighted by Crippen LogP contribution is -2.03. The molecule has 1 aromatic carbocycles. The van der Waals surface area contributed by atoms with Gasteiger partial charge in [0.25, 0.3) is 0 Å². The van der Waals surface area contributed by atoms with Crippen LogP contribution in [0, 0.1) is 0 Å². The number of hydrogen-bond donors (Lipinski definition) is 1. The molecule has 15 heavy (non-hydrogen) atoms. The summed E-state index contributed by atoms with van der Waals surface area (Å²) in [5.41, 5.74) is 7.84. The highest BCUT2D eigenvalue weighted by Gasteiger charge is 2.01. The molecule has 1 rings (SSSR count). The lowest BCUT2D eigenvalue weighted by atomic mass is 10.1. The Labute approximate surface area is 90.2 Å². The zero-order valence-corrected chi connectivity index (χ0v) is 9.03. The Bertz CT molecular complexity index is 306. The fraction of sp³-hybridized carbons (Fsp3) is 0.417. The van der Waals surface area contributed by atoms with Crippen molar-refractivity contribution in [1.29, 1.82) is 0 Å². The lowest BCUT2D eigenvalue weighted by Gasteiger charge is -2.02. The molecule has 3 heteroatoms. The standard InChI is InChI=1S/C12H17NO2/c1-15-12(14)7-6-10-2-4-11(5-3-10)8-9-13/h2-5H,6-9,13H2,1H3. The molecule has 0 aliphatic heterocycles. The SMILES string of the molecule is COC(=O)CCc1ccc(CCN)cc1. The van der Waals surface area contributed by atoms with Crippen LogP contribution in [0.25, 0.3) is 0 Å². The fourth-order valence-electron chi connectivity index (χ4n) is 1.39. The van der Waals surface area contributed by atoms with E-state index in [4.69, 9.17) is 5.73 Å². The molecular formula is C12H17NO2. The number of carbonyl (C=O) groups excluding carboxylic acids is 1. The first kappa shape index (κ1) is 11.7. The summed E-state index contributed by atoms with van der Waals surface area (Å²) in [6.07, 6.45) is 2.07. The van der Waals surface area contributed by atoms with Crippen molar-refractivity contribution < 1.29 is 9.53 Å². The van der Waals surface area contributed by atoms with E-state index in [2.05, 4.69) is 16.9 Å². The molecule has 0 atom stereocenters. The van der Waals surface area contributed by atoms with Crippen LogP contribution in [0.4, 0.5) is 0 Å². The Morgan fingerprint density at radius 1 is 1.20 bits per heavy atom. The number of benzene rings is 1. The summed E-state index contributed by atoms with van der Waals surface area (Å²) in [5, 5.41) is 0. The van der Waals surface area contributed by atoms with Crippen LogP contribution >= 0.6 is 0 Å². The second-order valence-corrected chi connectivity index (χ2v) is 3.43. The van der Waals surface area contributed by atoms with Gasteiger partial charge in [-0.15, -0.1) is 0 Å². The van der Waals surface area contributed by atoms with Crippen LogP contribution in [0.15, 0.2) is 24.3 Å². The maximum Gasteiger partial charge on any atom is 0.305 e. The molecule has 1 aromatic rings. The zero-order valence-electron chi connectivity index (χ0n) is 9.03. The van der Waals surface area contributed by atoms with E-state index in [9.17, 15) is 4.79 Å². The molecule has 0 unspecified atom stereocenters. The highest BCUT2D eigenvalue weighted by Crippen LogP contribution is 2.07. The first-order chi connectivity index (χ1) is 7.26. The van der Waals surface area contributed by atoms with Crippen molar-refractivity contribution in [3.8, 4) is 0 Å². The van der Waals surface area contributed by atoms with Crippen molar-refractivity contribution in [2.24, 2.45) is 5.73 Å². The van der Waals surface area contributed by atoms with E-state index >= 15 is 0 Å². The number of esters is 1. The third kappa shape index (κ3) is 4.13.